The summed E-state index contributed by atoms with van der Waals surface area (Å²) in [7, 11) is 0. The second-order valence-electron chi connectivity index (χ2n) is 28.5. The van der Waals surface area contributed by atoms with Gasteiger partial charge in [-0.15, -0.1) is 29.7 Å². The summed E-state index contributed by atoms with van der Waals surface area (Å²) in [6.07, 6.45) is 6.00. The Bertz CT molecular complexity index is 6340. The van der Waals surface area contributed by atoms with Gasteiger partial charge in [0.15, 0.2) is 0 Å². The first-order valence-electron chi connectivity index (χ1n) is 36.0. The zero-order valence-corrected chi connectivity index (χ0v) is 60.7. The normalized spacial score (nSPS) is 11.8. The number of aromatic nitrogens is 4. The van der Waals surface area contributed by atoms with E-state index in [4.69, 9.17) is 9.72 Å². The maximum atomic E-state index is 7.04. The molecule has 18 aromatic rings. The van der Waals surface area contributed by atoms with Crippen molar-refractivity contribution in [2.45, 2.75) is 26.2 Å². The molecule has 6 heteroatoms. The van der Waals surface area contributed by atoms with Crippen LogP contribution in [0.4, 0.5) is 0 Å². The summed E-state index contributed by atoms with van der Waals surface area (Å²) in [6.45, 7) is 6.72. The van der Waals surface area contributed by atoms with Crippen LogP contribution >= 0.6 is 0 Å². The van der Waals surface area contributed by atoms with Crippen molar-refractivity contribution < 1.29 is 30.4 Å². The first-order valence-corrected chi connectivity index (χ1v) is 36.0. The molecule has 0 fully saturated rings. The first kappa shape index (κ1) is 64.1. The van der Waals surface area contributed by atoms with Gasteiger partial charge in [0.2, 0.25) is 0 Å². The summed E-state index contributed by atoms with van der Waals surface area (Å²) in [6, 6.07) is 131. The van der Waals surface area contributed by atoms with E-state index in [1.807, 2.05) is 24.4 Å². The van der Waals surface area contributed by atoms with Crippen molar-refractivity contribution in [2.75, 3.05) is 0 Å². The molecule has 0 aliphatic heterocycles. The molecule has 2 aliphatic rings. The van der Waals surface area contributed by atoms with Gasteiger partial charge >= 0.3 is 0 Å². The molecule has 3 aromatic heterocycles. The predicted octanol–water partition coefficient (Wildman–Crippen LogP) is 25.5. The predicted molar refractivity (Wildman–Crippen MR) is 431 cm³/mol. The van der Waals surface area contributed by atoms with Gasteiger partial charge in [0.05, 0.1) is 16.7 Å². The molecule has 0 unspecified atom stereocenters. The van der Waals surface area contributed by atoms with Gasteiger partial charge in [-0.1, -0.05) is 299 Å². The monoisotopic (exact) mass is 1530 g/mol. The third-order valence-corrected chi connectivity index (χ3v) is 21.4. The van der Waals surface area contributed by atoms with E-state index in [2.05, 4.69) is 374 Å². The fourth-order valence-corrected chi connectivity index (χ4v) is 16.4. The second-order valence-corrected chi connectivity index (χ2v) is 28.5. The standard InChI is InChI=1S/C100H66N4O.Pt/c1-100(2,3)70-54-55-101-98(60-70)104-94-52-46-66(64-24-6-4-7-25-64)56-93(94)90-51-48-73(62-96(90)104)105-72-29-22-28-71(61-72)102-63-103(95-53-47-67(59-97(95)102)65-26-8-5-9-27-65)99-74(68-44-49-88-84-38-16-14-34-80(84)76-30-10-12-32-78(76)82-36-18-20-40-86(82)91(88)57-68)42-23-43-75(99)69-45-50-89-85-39-17-15-35-81(85)77-31-11-13-33-79(77)83-37-19-21-41-87(83)92(89)58-69;/h4-60H,1-3H3;/q-2;. The van der Waals surface area contributed by atoms with Crippen molar-refractivity contribution in [1.82, 2.24) is 14.1 Å². The van der Waals surface area contributed by atoms with Gasteiger partial charge in [-0.05, 0) is 192 Å². The number of imidazole rings is 1. The summed E-state index contributed by atoms with van der Waals surface area (Å²) in [4.78, 5) is 5.03. The Labute approximate surface area is 631 Å². The van der Waals surface area contributed by atoms with Crippen LogP contribution in [0.25, 0.3) is 184 Å². The fraction of sp³-hybridized carbons (Fsp3) is 0.0400. The molecule has 20 rings (SSSR count). The molecule has 3 heterocycles. The molecule has 0 saturated heterocycles. The molecule has 106 heavy (non-hydrogen) atoms. The van der Waals surface area contributed by atoms with Crippen LogP contribution in [0.15, 0.2) is 346 Å². The molecule has 0 radical (unpaired) electrons. The Morgan fingerprint density at radius 1 is 0.321 bits per heavy atom. The van der Waals surface area contributed by atoms with Gasteiger partial charge in [-0.25, -0.2) is 4.98 Å². The van der Waals surface area contributed by atoms with Crippen LogP contribution in [0, 0.1) is 18.5 Å². The Balaban J connectivity index is 0.00000769. The third-order valence-electron chi connectivity index (χ3n) is 21.4. The molecule has 504 valence electrons. The minimum Gasteiger partial charge on any atom is -0.510 e. The maximum absolute atomic E-state index is 7.04. The van der Waals surface area contributed by atoms with E-state index in [1.165, 1.54) is 83.5 Å². The minimum absolute atomic E-state index is 0. The van der Waals surface area contributed by atoms with Gasteiger partial charge in [0, 0.05) is 44.3 Å². The largest absolute Gasteiger partial charge is 0.510 e. The van der Waals surface area contributed by atoms with Gasteiger partial charge < -0.3 is 13.9 Å². The van der Waals surface area contributed by atoms with Crippen molar-refractivity contribution in [3.63, 3.8) is 0 Å². The van der Waals surface area contributed by atoms with Crippen LogP contribution in [0.2, 0.25) is 0 Å². The molecular formula is C100H66N4OPt-2. The summed E-state index contributed by atoms with van der Waals surface area (Å²) in [5, 5.41) is 2.15. The number of hydrogen-bond acceptors (Lipinski definition) is 2. The Kier molecular flexibility index (Phi) is 15.6. The summed E-state index contributed by atoms with van der Waals surface area (Å²) in [5.74, 6) is 1.90. The molecule has 15 aromatic carbocycles. The number of pyridine rings is 1. The number of nitrogens with zero attached hydrogens (tertiary/aromatic N) is 4. The molecule has 5 nitrogen and oxygen atoms in total. The fourth-order valence-electron chi connectivity index (χ4n) is 16.4. The van der Waals surface area contributed by atoms with E-state index in [1.54, 1.807) is 0 Å². The molecular weight excluding hydrogens is 1470 g/mol. The van der Waals surface area contributed by atoms with E-state index < -0.39 is 0 Å². The number of rotatable bonds is 9. The van der Waals surface area contributed by atoms with Crippen molar-refractivity contribution >= 4 is 32.8 Å². The van der Waals surface area contributed by atoms with Crippen LogP contribution in [0.3, 0.4) is 0 Å². The van der Waals surface area contributed by atoms with E-state index in [0.29, 0.717) is 11.5 Å². The van der Waals surface area contributed by atoms with Crippen LogP contribution < -0.4 is 9.30 Å². The summed E-state index contributed by atoms with van der Waals surface area (Å²) < 4.78 is 13.7. The summed E-state index contributed by atoms with van der Waals surface area (Å²) in [5.41, 5.74) is 34.4. The molecule has 0 saturated carbocycles. The van der Waals surface area contributed by atoms with Gasteiger partial charge in [-0.3, -0.25) is 4.57 Å². The maximum Gasteiger partial charge on any atom is 0.268 e. The Morgan fingerprint density at radius 2 is 0.745 bits per heavy atom. The molecule has 0 spiro atoms. The Morgan fingerprint density at radius 3 is 1.25 bits per heavy atom. The van der Waals surface area contributed by atoms with Crippen LogP contribution in [0.1, 0.15) is 26.3 Å². The average Bonchev–Trinajstić information content (AvgIpc) is 1.69. The number of benzene rings is 15. The first-order chi connectivity index (χ1) is 51.7. The second kappa shape index (κ2) is 25.9. The van der Waals surface area contributed by atoms with Crippen molar-refractivity contribution in [2.24, 2.45) is 0 Å². The molecule has 2 aliphatic carbocycles. The zero-order valence-electron chi connectivity index (χ0n) is 58.4. The minimum atomic E-state index is -0.0976. The van der Waals surface area contributed by atoms with Crippen molar-refractivity contribution in [3.8, 4) is 162 Å². The van der Waals surface area contributed by atoms with Crippen LogP contribution in [-0.4, -0.2) is 14.1 Å². The zero-order chi connectivity index (χ0) is 69.9. The third kappa shape index (κ3) is 10.8. The number of ether oxygens (including phenoxy) is 1. The number of para-hydroxylation sites is 1. The van der Waals surface area contributed by atoms with Gasteiger partial charge in [0.1, 0.15) is 5.82 Å². The molecule has 0 amide bonds. The summed E-state index contributed by atoms with van der Waals surface area (Å²) >= 11 is 0. The topological polar surface area (TPSA) is 35.9 Å². The van der Waals surface area contributed by atoms with Crippen molar-refractivity contribution in [1.29, 1.82) is 0 Å². The molecule has 0 N–H and O–H groups in total. The smallest absolute Gasteiger partial charge is 0.268 e. The van der Waals surface area contributed by atoms with E-state index in [-0.39, 0.29) is 26.5 Å². The van der Waals surface area contributed by atoms with E-state index >= 15 is 0 Å². The van der Waals surface area contributed by atoms with Gasteiger partial charge in [-0.2, -0.15) is 18.2 Å². The van der Waals surface area contributed by atoms with E-state index in [0.717, 1.165) is 106 Å². The van der Waals surface area contributed by atoms with Crippen LogP contribution in [-0.2, 0) is 26.5 Å². The van der Waals surface area contributed by atoms with Gasteiger partial charge in [0.25, 0.3) is 6.33 Å². The average molecular weight is 1530 g/mol. The SMILES string of the molecule is CC(C)(C)c1ccnc(-n2c3[c-]c(Oc4[c-]c(-n5[c-][n+](-c6c(-c7ccc8c(c7)-c7ccccc7-c7ccccc7-c7ccccc7-8)cccc6-c6ccc7c(c6)-c6ccccc6-c6ccccc6-c6ccccc6-7)c6ccc(-c7ccccc7)cc65)ccc4)ccc3c3cc(-c4ccccc4)ccc32)c1.[Pt]. The van der Waals surface area contributed by atoms with Crippen molar-refractivity contribution in [3.05, 3.63) is 370 Å². The van der Waals surface area contributed by atoms with Crippen LogP contribution in [0.5, 0.6) is 11.5 Å². The Hall–Kier alpha value is -12.8. The van der Waals surface area contributed by atoms with E-state index in [9.17, 15) is 0 Å². The molecule has 0 atom stereocenters. The molecule has 0 bridgehead atoms. The number of fused-ring (bicyclic) bond motifs is 20. The number of hydrogen-bond donors (Lipinski definition) is 0. The quantitative estimate of drug-likeness (QED) is 0.107.